The molecule has 0 heterocycles. The smallest absolute Gasteiger partial charge is 0.161 e. The Morgan fingerprint density at radius 2 is 1.33 bits per heavy atom. The van der Waals surface area contributed by atoms with E-state index in [9.17, 15) is 5.11 Å². The van der Waals surface area contributed by atoms with Gasteiger partial charge in [-0.15, -0.1) is 0 Å². The fourth-order valence-electron chi connectivity index (χ4n) is 2.15. The second kappa shape index (κ2) is 9.67. The van der Waals surface area contributed by atoms with E-state index in [0.29, 0.717) is 37.9 Å². The Morgan fingerprint density at radius 1 is 0.708 bits per heavy atom. The Kier molecular flexibility index (Phi) is 7.23. The van der Waals surface area contributed by atoms with Crippen molar-refractivity contribution in [2.75, 3.05) is 26.4 Å². The molecule has 0 bridgehead atoms. The van der Waals surface area contributed by atoms with Crippen LogP contribution in [0.4, 0.5) is 0 Å². The molecule has 0 aliphatic rings. The van der Waals surface area contributed by atoms with Crippen molar-refractivity contribution in [2.45, 2.75) is 20.5 Å². The number of hydrogen-bond donors (Lipinski definition) is 1. The Hall–Kier alpha value is -2.40. The lowest BCUT2D eigenvalue weighted by Crippen LogP contribution is -2.10. The van der Waals surface area contributed by atoms with Crippen LogP contribution < -0.4 is 18.9 Å². The number of rotatable bonds is 10. The highest BCUT2D eigenvalue weighted by atomic mass is 16.5. The summed E-state index contributed by atoms with van der Waals surface area (Å²) in [6.45, 7) is 5.82. The molecular weight excluding hydrogens is 308 g/mol. The molecule has 2 aromatic rings. The average molecular weight is 332 g/mol. The normalized spacial score (nSPS) is 10.3. The molecule has 1 N–H and O–H groups in total. The van der Waals surface area contributed by atoms with Crippen LogP contribution in [0.3, 0.4) is 0 Å². The summed E-state index contributed by atoms with van der Waals surface area (Å²) in [4.78, 5) is 0. The highest BCUT2D eigenvalue weighted by Crippen LogP contribution is 2.28. The van der Waals surface area contributed by atoms with Crippen LogP contribution in [0.2, 0.25) is 0 Å². The van der Waals surface area contributed by atoms with Gasteiger partial charge >= 0.3 is 0 Å². The molecule has 130 valence electrons. The summed E-state index contributed by atoms with van der Waals surface area (Å²) in [6, 6.07) is 12.9. The van der Waals surface area contributed by atoms with Crippen LogP contribution >= 0.6 is 0 Å². The molecule has 0 radical (unpaired) electrons. The van der Waals surface area contributed by atoms with Gasteiger partial charge in [-0.05, 0) is 55.8 Å². The fraction of sp³-hybridized carbons (Fsp3) is 0.368. The molecule has 0 saturated carbocycles. The van der Waals surface area contributed by atoms with Crippen molar-refractivity contribution in [1.29, 1.82) is 0 Å². The molecule has 0 aliphatic heterocycles. The molecule has 24 heavy (non-hydrogen) atoms. The molecule has 0 aromatic heterocycles. The number of hydrogen-bond acceptors (Lipinski definition) is 5. The minimum Gasteiger partial charge on any atom is -0.494 e. The Labute approximate surface area is 142 Å². The molecule has 0 aliphatic carbocycles. The largest absolute Gasteiger partial charge is 0.494 e. The van der Waals surface area contributed by atoms with Gasteiger partial charge in [0.05, 0.1) is 19.8 Å². The zero-order valence-corrected chi connectivity index (χ0v) is 14.2. The van der Waals surface area contributed by atoms with Crippen LogP contribution in [-0.2, 0) is 6.61 Å². The standard InChI is InChI=1S/C19H24O5/c1-3-21-16-6-8-17(9-7-16)23-11-12-24-18-10-5-15(14-20)13-19(18)22-4-2/h5-10,13,20H,3-4,11-12,14H2,1-2H3. The molecule has 2 rings (SSSR count). The minimum atomic E-state index is -0.0266. The van der Waals surface area contributed by atoms with Crippen molar-refractivity contribution in [3.63, 3.8) is 0 Å². The van der Waals surface area contributed by atoms with Crippen LogP contribution in [0.15, 0.2) is 42.5 Å². The third-order valence-corrected chi connectivity index (χ3v) is 3.23. The van der Waals surface area contributed by atoms with E-state index in [2.05, 4.69) is 0 Å². The number of ether oxygens (including phenoxy) is 4. The lowest BCUT2D eigenvalue weighted by Gasteiger charge is -2.13. The molecule has 0 spiro atoms. The van der Waals surface area contributed by atoms with E-state index in [0.717, 1.165) is 17.1 Å². The molecule has 5 nitrogen and oxygen atoms in total. The first-order chi connectivity index (χ1) is 11.8. The van der Waals surface area contributed by atoms with E-state index in [-0.39, 0.29) is 6.61 Å². The van der Waals surface area contributed by atoms with E-state index < -0.39 is 0 Å². The number of aliphatic hydroxyl groups is 1. The molecule has 0 saturated heterocycles. The van der Waals surface area contributed by atoms with Crippen molar-refractivity contribution in [3.8, 4) is 23.0 Å². The molecule has 0 unspecified atom stereocenters. The zero-order chi connectivity index (χ0) is 17.2. The lowest BCUT2D eigenvalue weighted by atomic mass is 10.2. The highest BCUT2D eigenvalue weighted by molar-refractivity contribution is 5.42. The van der Waals surface area contributed by atoms with Gasteiger partial charge in [0.15, 0.2) is 11.5 Å². The SMILES string of the molecule is CCOc1ccc(OCCOc2ccc(CO)cc2OCC)cc1. The predicted octanol–water partition coefficient (Wildman–Crippen LogP) is 3.43. The van der Waals surface area contributed by atoms with E-state index in [1.165, 1.54) is 0 Å². The number of aliphatic hydroxyl groups excluding tert-OH is 1. The molecule has 0 amide bonds. The number of benzene rings is 2. The molecule has 5 heteroatoms. The maximum absolute atomic E-state index is 9.19. The second-order valence-electron chi connectivity index (χ2n) is 4.97. The Bertz CT molecular complexity index is 610. The summed E-state index contributed by atoms with van der Waals surface area (Å²) in [5, 5.41) is 9.19. The average Bonchev–Trinajstić information content (AvgIpc) is 2.61. The van der Waals surface area contributed by atoms with Crippen molar-refractivity contribution in [3.05, 3.63) is 48.0 Å². The maximum Gasteiger partial charge on any atom is 0.161 e. The predicted molar refractivity (Wildman–Crippen MR) is 92.1 cm³/mol. The quantitative estimate of drug-likeness (QED) is 0.676. The first kappa shape index (κ1) is 17.9. The summed E-state index contributed by atoms with van der Waals surface area (Å²) in [7, 11) is 0. The van der Waals surface area contributed by atoms with Crippen LogP contribution in [0, 0.1) is 0 Å². The van der Waals surface area contributed by atoms with Gasteiger partial charge in [-0.3, -0.25) is 0 Å². The van der Waals surface area contributed by atoms with Crippen molar-refractivity contribution >= 4 is 0 Å². The third kappa shape index (κ3) is 5.35. The zero-order valence-electron chi connectivity index (χ0n) is 14.2. The van der Waals surface area contributed by atoms with Crippen LogP contribution in [0.5, 0.6) is 23.0 Å². The summed E-state index contributed by atoms with van der Waals surface area (Å²) in [5.74, 6) is 2.86. The molecule has 0 atom stereocenters. The lowest BCUT2D eigenvalue weighted by molar-refractivity contribution is 0.208. The monoisotopic (exact) mass is 332 g/mol. The van der Waals surface area contributed by atoms with Gasteiger partial charge in [-0.1, -0.05) is 6.07 Å². The topological polar surface area (TPSA) is 57.2 Å². The third-order valence-electron chi connectivity index (χ3n) is 3.23. The van der Waals surface area contributed by atoms with E-state index in [4.69, 9.17) is 18.9 Å². The van der Waals surface area contributed by atoms with E-state index in [1.807, 2.05) is 44.2 Å². The Morgan fingerprint density at radius 3 is 1.96 bits per heavy atom. The molecule has 2 aromatic carbocycles. The van der Waals surface area contributed by atoms with Crippen molar-refractivity contribution in [1.82, 2.24) is 0 Å². The van der Waals surface area contributed by atoms with Crippen molar-refractivity contribution in [2.24, 2.45) is 0 Å². The second-order valence-corrected chi connectivity index (χ2v) is 4.97. The van der Waals surface area contributed by atoms with Gasteiger partial charge in [0.25, 0.3) is 0 Å². The molecular formula is C19H24O5. The fourth-order valence-corrected chi connectivity index (χ4v) is 2.15. The minimum absolute atomic E-state index is 0.0266. The van der Waals surface area contributed by atoms with E-state index in [1.54, 1.807) is 12.1 Å². The summed E-state index contributed by atoms with van der Waals surface area (Å²) >= 11 is 0. The van der Waals surface area contributed by atoms with Crippen LogP contribution in [-0.4, -0.2) is 31.5 Å². The summed E-state index contributed by atoms with van der Waals surface area (Å²) in [5.41, 5.74) is 0.788. The van der Waals surface area contributed by atoms with Crippen molar-refractivity contribution < 1.29 is 24.1 Å². The summed E-state index contributed by atoms with van der Waals surface area (Å²) < 4.78 is 22.3. The first-order valence-corrected chi connectivity index (χ1v) is 8.11. The van der Waals surface area contributed by atoms with Gasteiger partial charge < -0.3 is 24.1 Å². The van der Waals surface area contributed by atoms with Crippen LogP contribution in [0.1, 0.15) is 19.4 Å². The van der Waals surface area contributed by atoms with Gasteiger partial charge in [0.2, 0.25) is 0 Å². The van der Waals surface area contributed by atoms with E-state index >= 15 is 0 Å². The van der Waals surface area contributed by atoms with Gasteiger partial charge in [0.1, 0.15) is 24.7 Å². The van der Waals surface area contributed by atoms with Crippen LogP contribution in [0.25, 0.3) is 0 Å². The first-order valence-electron chi connectivity index (χ1n) is 8.11. The molecule has 0 fully saturated rings. The van der Waals surface area contributed by atoms with Gasteiger partial charge in [-0.25, -0.2) is 0 Å². The highest BCUT2D eigenvalue weighted by Gasteiger charge is 2.06. The van der Waals surface area contributed by atoms with Gasteiger partial charge in [-0.2, -0.15) is 0 Å². The summed E-state index contributed by atoms with van der Waals surface area (Å²) in [6.07, 6.45) is 0. The van der Waals surface area contributed by atoms with Gasteiger partial charge in [0, 0.05) is 0 Å². The Balaban J connectivity index is 1.83. The maximum atomic E-state index is 9.19.